The summed E-state index contributed by atoms with van der Waals surface area (Å²) in [5.41, 5.74) is -0.0942. The number of nitro benzene ring substituents is 1. The lowest BCUT2D eigenvalue weighted by Crippen LogP contribution is -2.13. The van der Waals surface area contributed by atoms with E-state index in [0.29, 0.717) is 30.3 Å². The van der Waals surface area contributed by atoms with Crippen molar-refractivity contribution in [2.75, 3.05) is 26.9 Å². The highest BCUT2D eigenvalue weighted by Crippen LogP contribution is 2.31. The Morgan fingerprint density at radius 3 is 2.50 bits per heavy atom. The van der Waals surface area contributed by atoms with Crippen LogP contribution in [0.25, 0.3) is 0 Å². The number of hydrogen-bond acceptors (Lipinski definition) is 8. The number of ketones is 1. The van der Waals surface area contributed by atoms with Crippen LogP contribution in [0.5, 0.6) is 17.2 Å². The smallest absolute Gasteiger partial charge is 0.338 e. The van der Waals surface area contributed by atoms with E-state index in [1.807, 2.05) is 0 Å². The molecule has 0 atom stereocenters. The van der Waals surface area contributed by atoms with Gasteiger partial charge in [-0.25, -0.2) is 4.79 Å². The van der Waals surface area contributed by atoms with Gasteiger partial charge in [0, 0.05) is 18.1 Å². The molecule has 0 unspecified atom stereocenters. The molecule has 146 valence electrons. The SMILES string of the molecule is COC(=O)c1ccc(OCC(=O)c2ccc3c(c2)OCCCO3)c([N+](=O)[O-])c1. The fourth-order valence-corrected chi connectivity index (χ4v) is 2.59. The summed E-state index contributed by atoms with van der Waals surface area (Å²) in [5, 5.41) is 11.3. The first kappa shape index (κ1) is 19.2. The number of fused-ring (bicyclic) bond motifs is 1. The maximum Gasteiger partial charge on any atom is 0.338 e. The summed E-state index contributed by atoms with van der Waals surface area (Å²) in [6.07, 6.45) is 0.742. The maximum absolute atomic E-state index is 12.4. The lowest BCUT2D eigenvalue weighted by molar-refractivity contribution is -0.385. The Morgan fingerprint density at radius 1 is 1.07 bits per heavy atom. The van der Waals surface area contributed by atoms with Gasteiger partial charge in [0.15, 0.2) is 29.6 Å². The highest BCUT2D eigenvalue weighted by Gasteiger charge is 2.21. The minimum atomic E-state index is -0.710. The topological polar surface area (TPSA) is 114 Å². The number of carbonyl (C=O) groups excluding carboxylic acids is 2. The van der Waals surface area contributed by atoms with Crippen molar-refractivity contribution < 1.29 is 33.5 Å². The summed E-state index contributed by atoms with van der Waals surface area (Å²) in [5.74, 6) is -0.193. The fourth-order valence-electron chi connectivity index (χ4n) is 2.59. The van der Waals surface area contributed by atoms with Gasteiger partial charge in [0.25, 0.3) is 0 Å². The number of rotatable bonds is 6. The number of hydrogen-bond donors (Lipinski definition) is 0. The van der Waals surface area contributed by atoms with Crippen molar-refractivity contribution in [2.24, 2.45) is 0 Å². The Kier molecular flexibility index (Phi) is 5.73. The van der Waals surface area contributed by atoms with E-state index in [1.54, 1.807) is 18.2 Å². The lowest BCUT2D eigenvalue weighted by Gasteiger charge is -2.10. The number of benzene rings is 2. The number of nitro groups is 1. The highest BCUT2D eigenvalue weighted by molar-refractivity contribution is 5.98. The van der Waals surface area contributed by atoms with E-state index in [9.17, 15) is 19.7 Å². The number of Topliss-reactive ketones (excluding diaryl/α,β-unsaturated/α-hetero) is 1. The van der Waals surface area contributed by atoms with E-state index in [1.165, 1.54) is 19.2 Å². The summed E-state index contributed by atoms with van der Waals surface area (Å²) >= 11 is 0. The Hall–Kier alpha value is -3.62. The van der Waals surface area contributed by atoms with E-state index >= 15 is 0 Å². The molecule has 2 aromatic rings. The average molecular weight is 387 g/mol. The first-order valence-electron chi connectivity index (χ1n) is 8.42. The van der Waals surface area contributed by atoms with Gasteiger partial charge in [-0.2, -0.15) is 0 Å². The van der Waals surface area contributed by atoms with Crippen LogP contribution in [-0.4, -0.2) is 43.6 Å². The fraction of sp³-hybridized carbons (Fsp3) is 0.263. The number of ether oxygens (including phenoxy) is 4. The summed E-state index contributed by atoms with van der Waals surface area (Å²) in [7, 11) is 1.17. The molecule has 0 amide bonds. The zero-order valence-corrected chi connectivity index (χ0v) is 15.0. The van der Waals surface area contributed by atoms with E-state index in [-0.39, 0.29) is 17.1 Å². The van der Waals surface area contributed by atoms with Gasteiger partial charge < -0.3 is 18.9 Å². The molecule has 0 saturated carbocycles. The number of esters is 1. The van der Waals surface area contributed by atoms with Crippen molar-refractivity contribution in [1.29, 1.82) is 0 Å². The van der Waals surface area contributed by atoms with E-state index < -0.39 is 23.2 Å². The Morgan fingerprint density at radius 2 is 1.79 bits per heavy atom. The van der Waals surface area contributed by atoms with Crippen LogP contribution in [-0.2, 0) is 4.74 Å². The minimum absolute atomic E-state index is 0.00998. The predicted molar refractivity (Wildman–Crippen MR) is 96.3 cm³/mol. The molecular weight excluding hydrogens is 370 g/mol. The van der Waals surface area contributed by atoms with Gasteiger partial charge in [0.2, 0.25) is 0 Å². The Labute approximate surface area is 159 Å². The molecule has 9 nitrogen and oxygen atoms in total. The first-order valence-corrected chi connectivity index (χ1v) is 8.42. The second-order valence-electron chi connectivity index (χ2n) is 5.86. The Bertz CT molecular complexity index is 924. The number of carbonyl (C=O) groups is 2. The molecule has 2 aromatic carbocycles. The second-order valence-corrected chi connectivity index (χ2v) is 5.86. The molecule has 0 aromatic heterocycles. The zero-order valence-electron chi connectivity index (χ0n) is 15.0. The largest absolute Gasteiger partial charge is 0.490 e. The molecule has 0 aliphatic carbocycles. The average Bonchev–Trinajstić information content (AvgIpc) is 2.96. The third-order valence-corrected chi connectivity index (χ3v) is 4.00. The number of methoxy groups -OCH3 is 1. The van der Waals surface area contributed by atoms with Gasteiger partial charge in [-0.15, -0.1) is 0 Å². The summed E-state index contributed by atoms with van der Waals surface area (Å²) in [6, 6.07) is 8.40. The zero-order chi connectivity index (χ0) is 20.1. The van der Waals surface area contributed by atoms with Crippen molar-refractivity contribution in [3.63, 3.8) is 0 Å². The van der Waals surface area contributed by atoms with Crippen LogP contribution in [0.3, 0.4) is 0 Å². The van der Waals surface area contributed by atoms with Gasteiger partial charge in [0.05, 0.1) is 30.8 Å². The van der Waals surface area contributed by atoms with Crippen molar-refractivity contribution in [2.45, 2.75) is 6.42 Å². The Balaban J connectivity index is 1.75. The van der Waals surface area contributed by atoms with Gasteiger partial charge in [0.1, 0.15) is 0 Å². The first-order chi connectivity index (χ1) is 13.5. The van der Waals surface area contributed by atoms with E-state index in [2.05, 4.69) is 4.74 Å². The normalized spacial score (nSPS) is 12.6. The predicted octanol–water partition coefficient (Wildman–Crippen LogP) is 2.80. The van der Waals surface area contributed by atoms with Crippen LogP contribution in [0.2, 0.25) is 0 Å². The molecule has 9 heteroatoms. The molecule has 0 saturated heterocycles. The molecular formula is C19H17NO8. The molecule has 28 heavy (non-hydrogen) atoms. The van der Waals surface area contributed by atoms with Crippen molar-refractivity contribution in [3.8, 4) is 17.2 Å². The van der Waals surface area contributed by atoms with Crippen molar-refractivity contribution in [1.82, 2.24) is 0 Å². The maximum atomic E-state index is 12.4. The second kappa shape index (κ2) is 8.38. The van der Waals surface area contributed by atoms with Gasteiger partial charge in [-0.05, 0) is 30.3 Å². The lowest BCUT2D eigenvalue weighted by atomic mass is 10.1. The quantitative estimate of drug-likeness (QED) is 0.322. The van der Waals surface area contributed by atoms with Crippen LogP contribution >= 0.6 is 0 Å². The highest BCUT2D eigenvalue weighted by atomic mass is 16.6. The van der Waals surface area contributed by atoms with Crippen LogP contribution in [0.4, 0.5) is 5.69 Å². The summed E-state index contributed by atoms with van der Waals surface area (Å²) in [6.45, 7) is 0.604. The van der Waals surface area contributed by atoms with E-state index in [0.717, 1.165) is 12.5 Å². The molecule has 0 bridgehead atoms. The molecule has 3 rings (SSSR count). The third-order valence-electron chi connectivity index (χ3n) is 4.00. The van der Waals surface area contributed by atoms with E-state index in [4.69, 9.17) is 14.2 Å². The van der Waals surface area contributed by atoms with Gasteiger partial charge in [-0.3, -0.25) is 14.9 Å². The third kappa shape index (κ3) is 4.20. The minimum Gasteiger partial charge on any atom is -0.490 e. The van der Waals surface area contributed by atoms with Crippen molar-refractivity contribution in [3.05, 3.63) is 57.6 Å². The molecule has 0 spiro atoms. The summed E-state index contributed by atoms with van der Waals surface area (Å²) < 4.78 is 20.9. The standard InChI is InChI=1S/C19H17NO8/c1-25-19(22)13-4-5-16(14(9-13)20(23)24)28-11-15(21)12-3-6-17-18(10-12)27-8-2-7-26-17/h3-6,9-10H,2,7-8,11H2,1H3. The molecule has 1 aliphatic rings. The molecule has 0 N–H and O–H groups in total. The van der Waals surface area contributed by atoms with Gasteiger partial charge in [-0.1, -0.05) is 0 Å². The van der Waals surface area contributed by atoms with Crippen LogP contribution in [0, 0.1) is 10.1 Å². The number of nitrogens with zero attached hydrogens (tertiary/aromatic N) is 1. The van der Waals surface area contributed by atoms with Crippen LogP contribution in [0.1, 0.15) is 27.1 Å². The monoisotopic (exact) mass is 387 g/mol. The summed E-state index contributed by atoms with van der Waals surface area (Å²) in [4.78, 5) is 34.5. The molecule has 1 heterocycles. The molecule has 0 fully saturated rings. The molecule has 1 aliphatic heterocycles. The van der Waals surface area contributed by atoms with Crippen LogP contribution < -0.4 is 14.2 Å². The van der Waals surface area contributed by atoms with Crippen molar-refractivity contribution >= 4 is 17.4 Å². The van der Waals surface area contributed by atoms with Crippen LogP contribution in [0.15, 0.2) is 36.4 Å². The van der Waals surface area contributed by atoms with Gasteiger partial charge >= 0.3 is 11.7 Å². The molecule has 0 radical (unpaired) electrons.